The van der Waals surface area contributed by atoms with Crippen molar-refractivity contribution >= 4 is 10.8 Å². The van der Waals surface area contributed by atoms with Crippen molar-refractivity contribution < 1.29 is 5.11 Å². The molecule has 2 heteroatoms. The highest BCUT2D eigenvalue weighted by Gasteiger charge is 2.36. The SMILES string of the molecule is C[C@@](C#N)(c1ccccc1)[C@H](O)c1cccc2ccccc12. The van der Waals surface area contributed by atoms with E-state index in [1.165, 1.54) is 0 Å². The highest BCUT2D eigenvalue weighted by atomic mass is 16.3. The number of fused-ring (bicyclic) bond motifs is 1. The molecule has 0 aliphatic carbocycles. The monoisotopic (exact) mass is 287 g/mol. The van der Waals surface area contributed by atoms with Crippen molar-refractivity contribution in [2.45, 2.75) is 18.4 Å². The zero-order chi connectivity index (χ0) is 15.6. The van der Waals surface area contributed by atoms with Gasteiger partial charge in [0.1, 0.15) is 11.5 Å². The maximum Gasteiger partial charge on any atom is 0.109 e. The van der Waals surface area contributed by atoms with Gasteiger partial charge < -0.3 is 5.11 Å². The fraction of sp³-hybridized carbons (Fsp3) is 0.150. The molecular weight excluding hydrogens is 270 g/mol. The summed E-state index contributed by atoms with van der Waals surface area (Å²) in [5.41, 5.74) is 0.606. The smallest absolute Gasteiger partial charge is 0.109 e. The van der Waals surface area contributed by atoms with E-state index in [0.29, 0.717) is 0 Å². The summed E-state index contributed by atoms with van der Waals surface area (Å²) in [6, 6.07) is 25.5. The first-order valence-corrected chi connectivity index (χ1v) is 7.29. The molecule has 0 saturated carbocycles. The van der Waals surface area contributed by atoms with Gasteiger partial charge in [-0.15, -0.1) is 0 Å². The fourth-order valence-electron chi connectivity index (χ4n) is 2.87. The van der Waals surface area contributed by atoms with Crippen LogP contribution in [0.3, 0.4) is 0 Å². The third-order valence-corrected chi connectivity index (χ3v) is 4.27. The second-order valence-electron chi connectivity index (χ2n) is 5.65. The molecule has 0 fully saturated rings. The van der Waals surface area contributed by atoms with E-state index in [1.54, 1.807) is 6.92 Å². The van der Waals surface area contributed by atoms with E-state index in [9.17, 15) is 10.4 Å². The Morgan fingerprint density at radius 2 is 1.55 bits per heavy atom. The van der Waals surface area contributed by atoms with Crippen LogP contribution in [0, 0.1) is 11.3 Å². The standard InChI is InChI=1S/C20H17NO/c1-20(14-21,16-10-3-2-4-11-16)19(22)18-13-7-9-15-8-5-6-12-17(15)18/h2-13,19,22H,1H3/t19-,20-/m1/s1. The lowest BCUT2D eigenvalue weighted by atomic mass is 9.75. The maximum atomic E-state index is 11.0. The normalized spacial score (nSPS) is 15.0. The molecule has 3 aromatic rings. The second kappa shape index (κ2) is 5.63. The van der Waals surface area contributed by atoms with Crippen molar-refractivity contribution in [3.05, 3.63) is 83.9 Å². The van der Waals surface area contributed by atoms with Gasteiger partial charge in [-0.2, -0.15) is 5.26 Å². The largest absolute Gasteiger partial charge is 0.386 e. The molecule has 3 aromatic carbocycles. The van der Waals surface area contributed by atoms with E-state index in [-0.39, 0.29) is 0 Å². The summed E-state index contributed by atoms with van der Waals surface area (Å²) >= 11 is 0. The van der Waals surface area contributed by atoms with Crippen molar-refractivity contribution in [1.82, 2.24) is 0 Å². The van der Waals surface area contributed by atoms with E-state index in [2.05, 4.69) is 6.07 Å². The Labute approximate surface area is 130 Å². The molecular formula is C20H17NO. The highest BCUT2D eigenvalue weighted by Crippen LogP contribution is 2.39. The summed E-state index contributed by atoms with van der Waals surface area (Å²) in [7, 11) is 0. The first kappa shape index (κ1) is 14.3. The van der Waals surface area contributed by atoms with Crippen molar-refractivity contribution in [2.75, 3.05) is 0 Å². The molecule has 3 rings (SSSR count). The van der Waals surface area contributed by atoms with Gasteiger partial charge in [0.05, 0.1) is 6.07 Å². The molecule has 0 spiro atoms. The number of hydrogen-bond acceptors (Lipinski definition) is 2. The molecule has 0 amide bonds. The lowest BCUT2D eigenvalue weighted by Gasteiger charge is -2.29. The first-order chi connectivity index (χ1) is 10.7. The van der Waals surface area contributed by atoms with Crippen LogP contribution < -0.4 is 0 Å². The van der Waals surface area contributed by atoms with Gasteiger partial charge in [-0.05, 0) is 28.8 Å². The summed E-state index contributed by atoms with van der Waals surface area (Å²) in [6.45, 7) is 1.79. The van der Waals surface area contributed by atoms with Gasteiger partial charge in [0.25, 0.3) is 0 Å². The van der Waals surface area contributed by atoms with Crippen LogP contribution in [0.5, 0.6) is 0 Å². The summed E-state index contributed by atoms with van der Waals surface area (Å²) in [6.07, 6.45) is -0.897. The number of rotatable bonds is 3. The molecule has 1 N–H and O–H groups in total. The van der Waals surface area contributed by atoms with E-state index >= 15 is 0 Å². The van der Waals surface area contributed by atoms with Crippen LogP contribution >= 0.6 is 0 Å². The van der Waals surface area contributed by atoms with Gasteiger partial charge >= 0.3 is 0 Å². The maximum absolute atomic E-state index is 11.0. The van der Waals surface area contributed by atoms with Crippen LogP contribution in [0.15, 0.2) is 72.8 Å². The Morgan fingerprint density at radius 3 is 2.27 bits per heavy atom. The van der Waals surface area contributed by atoms with Gasteiger partial charge in [0.2, 0.25) is 0 Å². The Kier molecular flexibility index (Phi) is 3.66. The highest BCUT2D eigenvalue weighted by molar-refractivity contribution is 5.86. The predicted octanol–water partition coefficient (Wildman–Crippen LogP) is 4.35. The second-order valence-corrected chi connectivity index (χ2v) is 5.65. The summed E-state index contributed by atoms with van der Waals surface area (Å²) in [5.74, 6) is 0. The molecule has 0 heterocycles. The fourth-order valence-corrected chi connectivity index (χ4v) is 2.87. The van der Waals surface area contributed by atoms with E-state index < -0.39 is 11.5 Å². The van der Waals surface area contributed by atoms with Gasteiger partial charge in [0, 0.05) is 0 Å². The number of nitrogens with zero attached hydrogens (tertiary/aromatic N) is 1. The van der Waals surface area contributed by atoms with Crippen molar-refractivity contribution in [2.24, 2.45) is 0 Å². The quantitative estimate of drug-likeness (QED) is 0.778. The molecule has 0 unspecified atom stereocenters. The zero-order valence-corrected chi connectivity index (χ0v) is 12.4. The number of hydrogen-bond donors (Lipinski definition) is 1. The number of benzene rings is 3. The van der Waals surface area contributed by atoms with Gasteiger partial charge in [-0.25, -0.2) is 0 Å². The summed E-state index contributed by atoms with van der Waals surface area (Å²) in [5, 5.41) is 22.7. The number of nitriles is 1. The zero-order valence-electron chi connectivity index (χ0n) is 12.4. The molecule has 22 heavy (non-hydrogen) atoms. The Balaban J connectivity index is 2.16. The minimum atomic E-state index is -0.995. The van der Waals surface area contributed by atoms with E-state index in [4.69, 9.17) is 0 Å². The molecule has 0 aliphatic rings. The molecule has 2 nitrogen and oxygen atoms in total. The van der Waals surface area contributed by atoms with Crippen molar-refractivity contribution in [3.8, 4) is 6.07 Å². The van der Waals surface area contributed by atoms with Crippen LogP contribution in [0.1, 0.15) is 24.2 Å². The Morgan fingerprint density at radius 1 is 0.909 bits per heavy atom. The molecule has 0 aliphatic heterocycles. The molecule has 108 valence electrons. The summed E-state index contributed by atoms with van der Waals surface area (Å²) < 4.78 is 0. The third kappa shape index (κ3) is 2.26. The number of aliphatic hydroxyl groups is 1. The lowest BCUT2D eigenvalue weighted by molar-refractivity contribution is 0.121. The van der Waals surface area contributed by atoms with Crippen LogP contribution in [0.4, 0.5) is 0 Å². The van der Waals surface area contributed by atoms with Crippen molar-refractivity contribution in [3.63, 3.8) is 0 Å². The molecule has 0 radical (unpaired) electrons. The topological polar surface area (TPSA) is 44.0 Å². The average Bonchev–Trinajstić information content (AvgIpc) is 2.60. The van der Waals surface area contributed by atoms with Crippen LogP contribution in [0.2, 0.25) is 0 Å². The third-order valence-electron chi connectivity index (χ3n) is 4.27. The van der Waals surface area contributed by atoms with Crippen molar-refractivity contribution in [1.29, 1.82) is 5.26 Å². The molecule has 0 aromatic heterocycles. The molecule has 0 bridgehead atoms. The average molecular weight is 287 g/mol. The molecule has 2 atom stereocenters. The predicted molar refractivity (Wildman–Crippen MR) is 88.3 cm³/mol. The Bertz CT molecular complexity index is 830. The van der Waals surface area contributed by atoms with Gasteiger partial charge in [-0.1, -0.05) is 72.8 Å². The van der Waals surface area contributed by atoms with Gasteiger partial charge in [-0.3, -0.25) is 0 Å². The van der Waals surface area contributed by atoms with Crippen LogP contribution in [0.25, 0.3) is 10.8 Å². The minimum Gasteiger partial charge on any atom is -0.386 e. The van der Waals surface area contributed by atoms with Gasteiger partial charge in [0.15, 0.2) is 0 Å². The van der Waals surface area contributed by atoms with Crippen LogP contribution in [-0.2, 0) is 5.41 Å². The van der Waals surface area contributed by atoms with E-state index in [0.717, 1.165) is 21.9 Å². The molecule has 0 saturated heterocycles. The van der Waals surface area contributed by atoms with E-state index in [1.807, 2.05) is 72.8 Å². The first-order valence-electron chi connectivity index (χ1n) is 7.29. The number of aliphatic hydroxyl groups excluding tert-OH is 1. The lowest BCUT2D eigenvalue weighted by Crippen LogP contribution is -2.28. The summed E-state index contributed by atoms with van der Waals surface area (Å²) in [4.78, 5) is 0. The minimum absolute atomic E-state index is 0.783. The van der Waals surface area contributed by atoms with Crippen LogP contribution in [-0.4, -0.2) is 5.11 Å². The Hall–Kier alpha value is -2.63.